The van der Waals surface area contributed by atoms with E-state index in [9.17, 15) is 14.4 Å². The number of benzene rings is 1. The minimum absolute atomic E-state index is 0.0187. The van der Waals surface area contributed by atoms with E-state index in [2.05, 4.69) is 6.08 Å². The second-order valence-corrected chi connectivity index (χ2v) is 8.68. The lowest BCUT2D eigenvalue weighted by Crippen LogP contribution is -2.43. The smallest absolute Gasteiger partial charge is 0.338 e. The van der Waals surface area contributed by atoms with E-state index in [1.807, 2.05) is 26.8 Å². The third-order valence-electron chi connectivity index (χ3n) is 5.89. The van der Waals surface area contributed by atoms with Crippen LogP contribution < -0.4 is 4.74 Å². The summed E-state index contributed by atoms with van der Waals surface area (Å²) in [7, 11) is 1.55. The molecule has 2 aliphatic rings. The van der Waals surface area contributed by atoms with Crippen LogP contribution in [0.2, 0.25) is 0 Å². The molecule has 1 saturated heterocycles. The van der Waals surface area contributed by atoms with E-state index in [1.54, 1.807) is 37.5 Å². The van der Waals surface area contributed by atoms with E-state index >= 15 is 0 Å². The third-order valence-corrected chi connectivity index (χ3v) is 5.89. The van der Waals surface area contributed by atoms with Gasteiger partial charge in [0.2, 0.25) is 0 Å². The van der Waals surface area contributed by atoms with Crippen molar-refractivity contribution in [3.05, 3.63) is 65.3 Å². The normalized spacial score (nSPS) is 24.9. The summed E-state index contributed by atoms with van der Waals surface area (Å²) in [6, 6.07) is 6.61. The molecule has 1 unspecified atom stereocenters. The van der Waals surface area contributed by atoms with Gasteiger partial charge in [0.05, 0.1) is 24.5 Å². The number of ketones is 1. The number of methoxy groups -OCH3 is 1. The topological polar surface area (TPSA) is 78.9 Å². The molecule has 170 valence electrons. The SMILES string of the molecule is COc1ccc(C(=O)O[C@@H]2C=CC(=O)C3(CC(=O)O[C@@H]3/C=C(\C)CCC=C(C)C)C2)cc1. The first-order valence-corrected chi connectivity index (χ1v) is 10.8. The minimum atomic E-state index is -1.05. The molecule has 0 amide bonds. The first-order chi connectivity index (χ1) is 15.2. The molecule has 1 aromatic rings. The molecule has 0 radical (unpaired) electrons. The van der Waals surface area contributed by atoms with Gasteiger partial charge in [0, 0.05) is 6.42 Å². The maximum absolute atomic E-state index is 12.9. The first kappa shape index (κ1) is 23.5. The zero-order chi connectivity index (χ0) is 23.3. The summed E-state index contributed by atoms with van der Waals surface area (Å²) in [4.78, 5) is 37.7. The lowest BCUT2D eigenvalue weighted by atomic mass is 9.69. The standard InChI is InChI=1S/C26H30O6/c1-17(2)6-5-7-18(3)14-23-26(16-24(28)32-23)15-21(12-13-22(26)27)31-25(29)19-8-10-20(30-4)11-9-19/h6,8-14,21,23H,5,7,15-16H2,1-4H3/b18-14+/t21-,23-,26?/m1/s1. The molecular weight excluding hydrogens is 408 g/mol. The Labute approximate surface area is 188 Å². The molecule has 3 atom stereocenters. The van der Waals surface area contributed by atoms with Gasteiger partial charge in [-0.1, -0.05) is 17.2 Å². The summed E-state index contributed by atoms with van der Waals surface area (Å²) in [6.07, 6.45) is 7.62. The van der Waals surface area contributed by atoms with Crippen molar-refractivity contribution in [1.29, 1.82) is 0 Å². The Bertz CT molecular complexity index is 965. The van der Waals surface area contributed by atoms with E-state index in [0.29, 0.717) is 11.3 Å². The fourth-order valence-electron chi connectivity index (χ4n) is 4.10. The molecule has 6 nitrogen and oxygen atoms in total. The summed E-state index contributed by atoms with van der Waals surface area (Å²) < 4.78 is 16.3. The van der Waals surface area contributed by atoms with Crippen molar-refractivity contribution in [2.24, 2.45) is 5.41 Å². The Balaban J connectivity index is 1.75. The van der Waals surface area contributed by atoms with Gasteiger partial charge in [-0.15, -0.1) is 0 Å². The van der Waals surface area contributed by atoms with Crippen molar-refractivity contribution < 1.29 is 28.6 Å². The fraction of sp³-hybridized carbons (Fsp3) is 0.423. The van der Waals surface area contributed by atoms with Crippen LogP contribution in [-0.4, -0.2) is 37.0 Å². The highest BCUT2D eigenvalue weighted by atomic mass is 16.6. The van der Waals surface area contributed by atoms with Gasteiger partial charge in [0.15, 0.2) is 5.78 Å². The van der Waals surface area contributed by atoms with Gasteiger partial charge in [-0.25, -0.2) is 4.79 Å². The Hall–Kier alpha value is -3.15. The maximum atomic E-state index is 12.9. The van der Waals surface area contributed by atoms with Crippen molar-refractivity contribution in [3.63, 3.8) is 0 Å². The van der Waals surface area contributed by atoms with Crippen molar-refractivity contribution >= 4 is 17.7 Å². The second-order valence-electron chi connectivity index (χ2n) is 8.68. The summed E-state index contributed by atoms with van der Waals surface area (Å²) in [5, 5.41) is 0. The maximum Gasteiger partial charge on any atom is 0.338 e. The molecule has 1 fully saturated rings. The quantitative estimate of drug-likeness (QED) is 0.452. The predicted molar refractivity (Wildman–Crippen MR) is 120 cm³/mol. The zero-order valence-electron chi connectivity index (χ0n) is 19.1. The van der Waals surface area contributed by atoms with Gasteiger partial charge in [-0.2, -0.15) is 0 Å². The molecule has 0 saturated carbocycles. The zero-order valence-corrected chi connectivity index (χ0v) is 19.1. The number of rotatable bonds is 7. The van der Waals surface area contributed by atoms with Crippen LogP contribution in [-0.2, 0) is 19.1 Å². The van der Waals surface area contributed by atoms with Crippen molar-refractivity contribution in [3.8, 4) is 5.75 Å². The molecule has 1 spiro atoms. The van der Waals surface area contributed by atoms with Gasteiger partial charge >= 0.3 is 11.9 Å². The number of carbonyl (C=O) groups excluding carboxylic acids is 3. The number of allylic oxidation sites excluding steroid dienone is 4. The highest BCUT2D eigenvalue weighted by molar-refractivity contribution is 6.00. The predicted octanol–water partition coefficient (Wildman–Crippen LogP) is 4.74. The lowest BCUT2D eigenvalue weighted by molar-refractivity contribution is -0.140. The molecule has 1 aromatic carbocycles. The number of carbonyl (C=O) groups is 3. The number of esters is 2. The van der Waals surface area contributed by atoms with Crippen molar-refractivity contribution in [1.82, 2.24) is 0 Å². The Kier molecular flexibility index (Phi) is 7.33. The molecule has 0 aromatic heterocycles. The minimum Gasteiger partial charge on any atom is -0.497 e. The third kappa shape index (κ3) is 5.36. The second kappa shape index (κ2) is 9.98. The molecule has 0 N–H and O–H groups in total. The van der Waals surface area contributed by atoms with Crippen LogP contribution in [0.4, 0.5) is 0 Å². The number of hydrogen-bond acceptors (Lipinski definition) is 6. The van der Waals surface area contributed by atoms with Gasteiger partial charge in [0.25, 0.3) is 0 Å². The van der Waals surface area contributed by atoms with Gasteiger partial charge in [0.1, 0.15) is 18.0 Å². The van der Waals surface area contributed by atoms with Crippen molar-refractivity contribution in [2.75, 3.05) is 7.11 Å². The Morgan fingerprint density at radius 3 is 2.56 bits per heavy atom. The van der Waals surface area contributed by atoms with E-state index in [1.165, 1.54) is 11.6 Å². The van der Waals surface area contributed by atoms with Crippen LogP contribution in [0, 0.1) is 5.41 Å². The summed E-state index contributed by atoms with van der Waals surface area (Å²) >= 11 is 0. The average molecular weight is 439 g/mol. The number of cyclic esters (lactones) is 1. The Morgan fingerprint density at radius 2 is 1.91 bits per heavy atom. The average Bonchev–Trinajstić information content (AvgIpc) is 3.05. The monoisotopic (exact) mass is 438 g/mol. The number of ether oxygens (including phenoxy) is 3. The van der Waals surface area contributed by atoms with Crippen molar-refractivity contribution in [2.45, 2.75) is 58.7 Å². The lowest BCUT2D eigenvalue weighted by Gasteiger charge is -2.34. The van der Waals surface area contributed by atoms with Crippen LogP contribution in [0.25, 0.3) is 0 Å². The van der Waals surface area contributed by atoms with E-state index < -0.39 is 29.6 Å². The van der Waals surface area contributed by atoms with Crippen LogP contribution in [0.5, 0.6) is 5.75 Å². The molecule has 0 bridgehead atoms. The Morgan fingerprint density at radius 1 is 1.19 bits per heavy atom. The summed E-state index contributed by atoms with van der Waals surface area (Å²) in [6.45, 7) is 6.07. The first-order valence-electron chi connectivity index (χ1n) is 10.8. The van der Waals surface area contributed by atoms with E-state index in [0.717, 1.165) is 18.4 Å². The molecule has 1 heterocycles. The number of hydrogen-bond donors (Lipinski definition) is 0. The fourth-order valence-corrected chi connectivity index (χ4v) is 4.10. The summed E-state index contributed by atoms with van der Waals surface area (Å²) in [5.41, 5.74) is 1.64. The van der Waals surface area contributed by atoms with Crippen LogP contribution in [0.3, 0.4) is 0 Å². The molecule has 6 heteroatoms. The summed E-state index contributed by atoms with van der Waals surface area (Å²) in [5.74, 6) is -0.437. The van der Waals surface area contributed by atoms with Gasteiger partial charge < -0.3 is 14.2 Å². The molecule has 1 aliphatic carbocycles. The molecule has 3 rings (SSSR count). The van der Waals surface area contributed by atoms with Crippen LogP contribution in [0.1, 0.15) is 56.8 Å². The van der Waals surface area contributed by atoms with Gasteiger partial charge in [-0.05, 0) is 76.1 Å². The van der Waals surface area contributed by atoms with Crippen LogP contribution >= 0.6 is 0 Å². The van der Waals surface area contributed by atoms with Gasteiger partial charge in [-0.3, -0.25) is 9.59 Å². The molecule has 1 aliphatic heterocycles. The van der Waals surface area contributed by atoms with E-state index in [4.69, 9.17) is 14.2 Å². The van der Waals surface area contributed by atoms with E-state index in [-0.39, 0.29) is 18.6 Å². The largest absolute Gasteiger partial charge is 0.497 e. The molecular formula is C26H30O6. The van der Waals surface area contributed by atoms with Crippen LogP contribution in [0.15, 0.2) is 59.7 Å². The highest BCUT2D eigenvalue weighted by Gasteiger charge is 2.55. The molecule has 32 heavy (non-hydrogen) atoms. The highest BCUT2D eigenvalue weighted by Crippen LogP contribution is 2.45.